The van der Waals surface area contributed by atoms with Crippen LogP contribution in [0.25, 0.3) is 22.2 Å². The van der Waals surface area contributed by atoms with Crippen LogP contribution >= 0.6 is 23.2 Å². The number of rotatable bonds is 6. The van der Waals surface area contributed by atoms with Gasteiger partial charge in [0.2, 0.25) is 0 Å². The molecule has 0 fully saturated rings. The number of amides is 1. The maximum Gasteiger partial charge on any atom is 0.328 e. The summed E-state index contributed by atoms with van der Waals surface area (Å²) in [7, 11) is 1.28. The van der Waals surface area contributed by atoms with E-state index in [9.17, 15) is 9.59 Å². The van der Waals surface area contributed by atoms with Gasteiger partial charge in [0.05, 0.1) is 33.9 Å². The van der Waals surface area contributed by atoms with Crippen molar-refractivity contribution in [2.45, 2.75) is 12.5 Å². The Balaban J connectivity index is 1.58. The third kappa shape index (κ3) is 5.11. The van der Waals surface area contributed by atoms with Gasteiger partial charge < -0.3 is 15.8 Å². The van der Waals surface area contributed by atoms with Crippen LogP contribution in [0.1, 0.15) is 15.9 Å². The Hall–Kier alpha value is -3.68. The number of nitrogens with one attached hydrogen (secondary N) is 1. The largest absolute Gasteiger partial charge is 0.467 e. The van der Waals surface area contributed by atoms with Crippen LogP contribution in [0.4, 0.5) is 5.82 Å². The highest BCUT2D eigenvalue weighted by Crippen LogP contribution is 2.34. The van der Waals surface area contributed by atoms with Crippen molar-refractivity contribution < 1.29 is 14.3 Å². The standard InChI is InChI=1S/C25H20Cl2N4O3/c1-34-25(33)21(31-24(32)16-7-10-22(28)29-13-16)12-14-5-8-19-15(11-14)6-9-20(30-19)23-17(26)3-2-4-18(23)27/h2-11,13,21H,12H2,1H3,(H2,28,29)(H,31,32). The zero-order valence-corrected chi connectivity index (χ0v) is 19.6. The molecule has 0 saturated heterocycles. The predicted molar refractivity (Wildman–Crippen MR) is 133 cm³/mol. The first-order valence-electron chi connectivity index (χ1n) is 10.3. The average molecular weight is 495 g/mol. The molecule has 172 valence electrons. The molecular weight excluding hydrogens is 475 g/mol. The number of carbonyl (C=O) groups is 2. The molecule has 1 atom stereocenters. The molecule has 0 radical (unpaired) electrons. The number of aromatic nitrogens is 2. The topological polar surface area (TPSA) is 107 Å². The zero-order chi connectivity index (χ0) is 24.2. The van der Waals surface area contributed by atoms with Crippen LogP contribution < -0.4 is 11.1 Å². The number of pyridine rings is 2. The predicted octanol–water partition coefficient (Wildman–Crippen LogP) is 4.70. The Bertz CT molecular complexity index is 1360. The lowest BCUT2D eigenvalue weighted by Crippen LogP contribution is -2.43. The lowest BCUT2D eigenvalue weighted by Gasteiger charge is -2.17. The second-order valence-corrected chi connectivity index (χ2v) is 8.36. The van der Waals surface area contributed by atoms with Crippen molar-refractivity contribution in [1.29, 1.82) is 0 Å². The summed E-state index contributed by atoms with van der Waals surface area (Å²) in [5.41, 5.74) is 8.75. The van der Waals surface area contributed by atoms with Gasteiger partial charge in [-0.1, -0.05) is 41.4 Å². The first kappa shape index (κ1) is 23.5. The Morgan fingerprint density at radius 2 is 1.82 bits per heavy atom. The molecule has 1 amide bonds. The molecular formula is C25H20Cl2N4O3. The minimum absolute atomic E-state index is 0.231. The summed E-state index contributed by atoms with van der Waals surface area (Å²) in [4.78, 5) is 33.5. The highest BCUT2D eigenvalue weighted by atomic mass is 35.5. The summed E-state index contributed by atoms with van der Waals surface area (Å²) in [6, 6.07) is 16.8. The van der Waals surface area contributed by atoms with Crippen molar-refractivity contribution >= 4 is 51.8 Å². The molecule has 0 aliphatic heterocycles. The van der Waals surface area contributed by atoms with Crippen LogP contribution in [-0.4, -0.2) is 35.0 Å². The summed E-state index contributed by atoms with van der Waals surface area (Å²) < 4.78 is 4.89. The maximum atomic E-state index is 12.6. The van der Waals surface area contributed by atoms with Gasteiger partial charge >= 0.3 is 5.97 Å². The van der Waals surface area contributed by atoms with Gasteiger partial charge in [-0.3, -0.25) is 4.79 Å². The average Bonchev–Trinajstić information content (AvgIpc) is 2.83. The second-order valence-electron chi connectivity index (χ2n) is 7.55. The van der Waals surface area contributed by atoms with Gasteiger partial charge in [0.1, 0.15) is 11.9 Å². The molecule has 3 N–H and O–H groups in total. The van der Waals surface area contributed by atoms with Gasteiger partial charge in [0.25, 0.3) is 5.91 Å². The number of ether oxygens (including phenoxy) is 1. The number of nitrogen functional groups attached to an aromatic ring is 1. The molecule has 4 aromatic rings. The quantitative estimate of drug-likeness (QED) is 0.376. The van der Waals surface area contributed by atoms with Crippen LogP contribution in [0.3, 0.4) is 0 Å². The van der Waals surface area contributed by atoms with Crippen molar-refractivity contribution in [3.8, 4) is 11.3 Å². The molecule has 1 unspecified atom stereocenters. The number of nitrogens with zero attached hydrogens (tertiary/aromatic N) is 2. The molecule has 0 saturated carbocycles. The first-order chi connectivity index (χ1) is 16.4. The number of anilines is 1. The molecule has 7 nitrogen and oxygen atoms in total. The molecule has 0 aliphatic carbocycles. The molecule has 2 aromatic carbocycles. The highest BCUT2D eigenvalue weighted by Gasteiger charge is 2.23. The lowest BCUT2D eigenvalue weighted by atomic mass is 10.0. The number of carbonyl (C=O) groups excluding carboxylic acids is 2. The van der Waals surface area contributed by atoms with Gasteiger partial charge in [-0.05, 0) is 48.0 Å². The van der Waals surface area contributed by atoms with Crippen molar-refractivity contribution in [3.63, 3.8) is 0 Å². The minimum Gasteiger partial charge on any atom is -0.467 e. The summed E-state index contributed by atoms with van der Waals surface area (Å²) in [6.07, 6.45) is 1.58. The fourth-order valence-corrected chi connectivity index (χ4v) is 4.13. The highest BCUT2D eigenvalue weighted by molar-refractivity contribution is 6.39. The van der Waals surface area contributed by atoms with E-state index in [2.05, 4.69) is 15.3 Å². The van der Waals surface area contributed by atoms with E-state index in [4.69, 9.17) is 33.7 Å². The van der Waals surface area contributed by atoms with Crippen LogP contribution in [-0.2, 0) is 16.0 Å². The van der Waals surface area contributed by atoms with Crippen LogP contribution in [0.5, 0.6) is 0 Å². The Morgan fingerprint density at radius 3 is 2.50 bits per heavy atom. The molecule has 34 heavy (non-hydrogen) atoms. The zero-order valence-electron chi connectivity index (χ0n) is 18.1. The maximum absolute atomic E-state index is 12.6. The number of halogens is 2. The van der Waals surface area contributed by atoms with E-state index in [-0.39, 0.29) is 12.0 Å². The van der Waals surface area contributed by atoms with Gasteiger partial charge in [-0.2, -0.15) is 0 Å². The third-order valence-corrected chi connectivity index (χ3v) is 5.88. The van der Waals surface area contributed by atoms with Crippen molar-refractivity contribution in [2.24, 2.45) is 0 Å². The number of methoxy groups -OCH3 is 1. The molecule has 2 heterocycles. The van der Waals surface area contributed by atoms with E-state index < -0.39 is 17.9 Å². The number of hydrogen-bond donors (Lipinski definition) is 2. The monoisotopic (exact) mass is 494 g/mol. The normalized spacial score (nSPS) is 11.7. The van der Waals surface area contributed by atoms with Crippen LogP contribution in [0.15, 0.2) is 66.9 Å². The van der Waals surface area contributed by atoms with E-state index in [0.717, 1.165) is 16.5 Å². The van der Waals surface area contributed by atoms with Crippen molar-refractivity contribution in [3.05, 3.63) is 88.0 Å². The van der Waals surface area contributed by atoms with E-state index in [1.54, 1.807) is 18.2 Å². The number of hydrogen-bond acceptors (Lipinski definition) is 6. The van der Waals surface area contributed by atoms with Crippen molar-refractivity contribution in [2.75, 3.05) is 12.8 Å². The van der Waals surface area contributed by atoms with Gasteiger partial charge in [0.15, 0.2) is 0 Å². The summed E-state index contributed by atoms with van der Waals surface area (Å²) in [5, 5.41) is 4.60. The molecule has 0 aliphatic rings. The third-order valence-electron chi connectivity index (χ3n) is 5.25. The number of esters is 1. The van der Waals surface area contributed by atoms with E-state index in [1.807, 2.05) is 30.3 Å². The smallest absolute Gasteiger partial charge is 0.328 e. The number of nitrogens with two attached hydrogens (primary N) is 1. The first-order valence-corrected chi connectivity index (χ1v) is 11.1. The van der Waals surface area contributed by atoms with Gasteiger partial charge in [0, 0.05) is 23.6 Å². The molecule has 9 heteroatoms. The fraction of sp³-hybridized carbons (Fsp3) is 0.120. The molecule has 2 aromatic heterocycles. The SMILES string of the molecule is COC(=O)C(Cc1ccc2nc(-c3c(Cl)cccc3Cl)ccc2c1)NC(=O)c1ccc(N)nc1. The molecule has 0 spiro atoms. The van der Waals surface area contributed by atoms with E-state index in [0.29, 0.717) is 27.1 Å². The summed E-state index contributed by atoms with van der Waals surface area (Å²) in [5.74, 6) is -0.712. The van der Waals surface area contributed by atoms with Gasteiger partial charge in [-0.15, -0.1) is 0 Å². The molecule has 4 rings (SSSR count). The number of fused-ring (bicyclic) bond motifs is 1. The van der Waals surface area contributed by atoms with Gasteiger partial charge in [-0.25, -0.2) is 14.8 Å². The van der Waals surface area contributed by atoms with E-state index in [1.165, 1.54) is 25.4 Å². The minimum atomic E-state index is -0.887. The van der Waals surface area contributed by atoms with Crippen LogP contribution in [0.2, 0.25) is 10.0 Å². The Kier molecular flexibility index (Phi) is 6.95. The fourth-order valence-electron chi connectivity index (χ4n) is 3.54. The van der Waals surface area contributed by atoms with Crippen LogP contribution in [0, 0.1) is 0 Å². The summed E-state index contributed by atoms with van der Waals surface area (Å²) >= 11 is 12.6. The van der Waals surface area contributed by atoms with E-state index >= 15 is 0 Å². The van der Waals surface area contributed by atoms with Crippen molar-refractivity contribution in [1.82, 2.24) is 15.3 Å². The Morgan fingerprint density at radius 1 is 1.06 bits per heavy atom. The second kappa shape index (κ2) is 10.1. The lowest BCUT2D eigenvalue weighted by molar-refractivity contribution is -0.142. The summed E-state index contributed by atoms with van der Waals surface area (Å²) in [6.45, 7) is 0. The number of benzene rings is 2. The Labute approximate surface area is 205 Å². The molecule has 0 bridgehead atoms.